The minimum absolute atomic E-state index is 0.0751. The first-order valence-corrected chi connectivity index (χ1v) is 7.04. The summed E-state index contributed by atoms with van der Waals surface area (Å²) >= 11 is 3.26. The van der Waals surface area contributed by atoms with Crippen LogP contribution in [0, 0.1) is 5.92 Å². The Morgan fingerprint density at radius 3 is 2.76 bits per heavy atom. The SMILES string of the molecule is CCOC(=O)C(=O)C1COc2cc(OC)c(Br)cc2C1=O. The Bertz CT molecular complexity index is 610. The third-order valence-corrected chi connectivity index (χ3v) is 3.65. The number of ketones is 2. The molecular formula is C14H13BrO6. The number of esters is 1. The Hall–Kier alpha value is -1.89. The van der Waals surface area contributed by atoms with Crippen LogP contribution in [0.25, 0.3) is 0 Å². The van der Waals surface area contributed by atoms with Crippen LogP contribution in [0.4, 0.5) is 0 Å². The van der Waals surface area contributed by atoms with Crippen LogP contribution in [0.1, 0.15) is 17.3 Å². The first-order valence-electron chi connectivity index (χ1n) is 6.25. The van der Waals surface area contributed by atoms with Crippen molar-refractivity contribution in [3.05, 3.63) is 22.2 Å². The van der Waals surface area contributed by atoms with Crippen molar-refractivity contribution in [3.8, 4) is 11.5 Å². The standard InChI is InChI=1S/C14H13BrO6/c1-3-20-14(18)13(17)8-6-21-10-5-11(19-2)9(15)4-7(10)12(8)16/h4-5,8H,3,6H2,1-2H3. The Labute approximate surface area is 129 Å². The Kier molecular flexibility index (Phi) is 4.62. The minimum atomic E-state index is -1.17. The van der Waals surface area contributed by atoms with Gasteiger partial charge in [0, 0.05) is 6.07 Å². The van der Waals surface area contributed by atoms with Gasteiger partial charge < -0.3 is 14.2 Å². The first-order chi connectivity index (χ1) is 9.99. The summed E-state index contributed by atoms with van der Waals surface area (Å²) in [6, 6.07) is 3.07. The molecule has 0 amide bonds. The van der Waals surface area contributed by atoms with E-state index in [4.69, 9.17) is 9.47 Å². The predicted octanol–water partition coefficient (Wildman–Crippen LogP) is 1.78. The van der Waals surface area contributed by atoms with Crippen LogP contribution >= 0.6 is 15.9 Å². The molecule has 1 aromatic rings. The number of halogens is 1. The van der Waals surface area contributed by atoms with E-state index in [2.05, 4.69) is 20.7 Å². The lowest BCUT2D eigenvalue weighted by Gasteiger charge is -2.23. The monoisotopic (exact) mass is 356 g/mol. The van der Waals surface area contributed by atoms with Crippen molar-refractivity contribution < 1.29 is 28.6 Å². The van der Waals surface area contributed by atoms with E-state index < -0.39 is 23.5 Å². The number of benzene rings is 1. The normalized spacial score (nSPS) is 16.7. The summed E-state index contributed by atoms with van der Waals surface area (Å²) in [5.74, 6) is -2.70. The van der Waals surface area contributed by atoms with Gasteiger partial charge in [0.2, 0.25) is 0 Å². The zero-order chi connectivity index (χ0) is 15.6. The third kappa shape index (κ3) is 2.92. The lowest BCUT2D eigenvalue weighted by Crippen LogP contribution is -2.38. The fourth-order valence-electron chi connectivity index (χ4n) is 1.98. The number of Topliss-reactive ketones (excluding diaryl/α,β-unsaturated/α-hetero) is 2. The van der Waals surface area contributed by atoms with Crippen LogP contribution in [-0.4, -0.2) is 37.9 Å². The number of hydrogen-bond donors (Lipinski definition) is 0. The van der Waals surface area contributed by atoms with Crippen molar-refractivity contribution in [2.45, 2.75) is 6.92 Å². The summed E-state index contributed by atoms with van der Waals surface area (Å²) in [7, 11) is 1.49. The van der Waals surface area contributed by atoms with E-state index in [1.165, 1.54) is 13.2 Å². The van der Waals surface area contributed by atoms with E-state index in [0.29, 0.717) is 16.0 Å². The fraction of sp³-hybridized carbons (Fsp3) is 0.357. The molecule has 0 N–H and O–H groups in total. The number of carbonyl (C=O) groups is 3. The average molecular weight is 357 g/mol. The smallest absolute Gasteiger partial charge is 0.375 e. The van der Waals surface area contributed by atoms with Crippen LogP contribution in [-0.2, 0) is 14.3 Å². The molecule has 6 nitrogen and oxygen atoms in total. The molecule has 1 aliphatic heterocycles. The highest BCUT2D eigenvalue weighted by Crippen LogP contribution is 2.36. The lowest BCUT2D eigenvalue weighted by molar-refractivity contribution is -0.155. The molecule has 0 aromatic heterocycles. The molecule has 0 spiro atoms. The van der Waals surface area contributed by atoms with Crippen molar-refractivity contribution in [1.29, 1.82) is 0 Å². The number of hydrogen-bond acceptors (Lipinski definition) is 6. The summed E-state index contributed by atoms with van der Waals surface area (Å²) in [6.45, 7) is 1.48. The average Bonchev–Trinajstić information content (AvgIpc) is 2.47. The molecule has 1 unspecified atom stereocenters. The third-order valence-electron chi connectivity index (χ3n) is 3.03. The second-order valence-electron chi connectivity index (χ2n) is 4.30. The number of carbonyl (C=O) groups excluding carboxylic acids is 3. The van der Waals surface area contributed by atoms with Gasteiger partial charge in [-0.15, -0.1) is 0 Å². The van der Waals surface area contributed by atoms with E-state index in [1.54, 1.807) is 13.0 Å². The summed E-state index contributed by atoms with van der Waals surface area (Å²) in [6.07, 6.45) is 0. The predicted molar refractivity (Wildman–Crippen MR) is 75.6 cm³/mol. The zero-order valence-electron chi connectivity index (χ0n) is 11.5. The van der Waals surface area contributed by atoms with E-state index in [1.807, 2.05) is 0 Å². The summed E-state index contributed by atoms with van der Waals surface area (Å²) < 4.78 is 15.7. The summed E-state index contributed by atoms with van der Waals surface area (Å²) in [5.41, 5.74) is 0.233. The van der Waals surface area contributed by atoms with Gasteiger partial charge >= 0.3 is 5.97 Å². The van der Waals surface area contributed by atoms with Crippen LogP contribution < -0.4 is 9.47 Å². The van der Waals surface area contributed by atoms with Crippen molar-refractivity contribution in [2.24, 2.45) is 5.92 Å². The molecule has 7 heteroatoms. The minimum Gasteiger partial charge on any atom is -0.495 e. The second-order valence-corrected chi connectivity index (χ2v) is 5.15. The quantitative estimate of drug-likeness (QED) is 0.464. The van der Waals surface area contributed by atoms with Gasteiger partial charge in [0.25, 0.3) is 5.78 Å². The van der Waals surface area contributed by atoms with Crippen LogP contribution in [0.5, 0.6) is 11.5 Å². The van der Waals surface area contributed by atoms with Crippen LogP contribution in [0.3, 0.4) is 0 Å². The van der Waals surface area contributed by atoms with Crippen molar-refractivity contribution in [1.82, 2.24) is 0 Å². The highest BCUT2D eigenvalue weighted by atomic mass is 79.9. The van der Waals surface area contributed by atoms with Crippen molar-refractivity contribution in [2.75, 3.05) is 20.3 Å². The van der Waals surface area contributed by atoms with E-state index in [0.717, 1.165) is 0 Å². The molecule has 1 aromatic carbocycles. The maximum absolute atomic E-state index is 12.3. The molecule has 1 aliphatic rings. The molecule has 21 heavy (non-hydrogen) atoms. The van der Waals surface area contributed by atoms with Crippen LogP contribution in [0.15, 0.2) is 16.6 Å². The molecule has 2 rings (SSSR count). The van der Waals surface area contributed by atoms with Gasteiger partial charge in [-0.05, 0) is 28.9 Å². The van der Waals surface area contributed by atoms with Crippen LogP contribution in [0.2, 0.25) is 0 Å². The number of ether oxygens (including phenoxy) is 3. The number of rotatable bonds is 4. The molecule has 0 fully saturated rings. The van der Waals surface area contributed by atoms with Gasteiger partial charge in [-0.2, -0.15) is 0 Å². The summed E-state index contributed by atoms with van der Waals surface area (Å²) in [5, 5.41) is 0. The highest BCUT2D eigenvalue weighted by molar-refractivity contribution is 9.10. The molecule has 1 atom stereocenters. The Morgan fingerprint density at radius 2 is 2.14 bits per heavy atom. The largest absolute Gasteiger partial charge is 0.495 e. The highest BCUT2D eigenvalue weighted by Gasteiger charge is 2.38. The zero-order valence-corrected chi connectivity index (χ0v) is 13.1. The van der Waals surface area contributed by atoms with Gasteiger partial charge in [0.1, 0.15) is 24.0 Å². The van der Waals surface area contributed by atoms with Gasteiger partial charge in [-0.1, -0.05) is 0 Å². The van der Waals surface area contributed by atoms with Gasteiger partial charge in [-0.3, -0.25) is 9.59 Å². The molecule has 112 valence electrons. The van der Waals surface area contributed by atoms with Gasteiger partial charge in [0.05, 0.1) is 23.8 Å². The number of fused-ring (bicyclic) bond motifs is 1. The molecular weight excluding hydrogens is 344 g/mol. The molecule has 0 aliphatic carbocycles. The first kappa shape index (κ1) is 15.5. The second kappa shape index (κ2) is 6.26. The molecule has 0 saturated heterocycles. The maximum atomic E-state index is 12.3. The van der Waals surface area contributed by atoms with Crippen molar-refractivity contribution in [3.63, 3.8) is 0 Å². The topological polar surface area (TPSA) is 78.9 Å². The Balaban J connectivity index is 2.30. The van der Waals surface area contributed by atoms with E-state index in [-0.39, 0.29) is 18.8 Å². The van der Waals surface area contributed by atoms with E-state index in [9.17, 15) is 14.4 Å². The summed E-state index contributed by atoms with van der Waals surface area (Å²) in [4.78, 5) is 35.7. The van der Waals surface area contributed by atoms with Crippen molar-refractivity contribution >= 4 is 33.5 Å². The maximum Gasteiger partial charge on any atom is 0.375 e. The van der Waals surface area contributed by atoms with E-state index >= 15 is 0 Å². The number of methoxy groups -OCH3 is 1. The molecule has 1 heterocycles. The van der Waals surface area contributed by atoms with Gasteiger partial charge in [0.15, 0.2) is 5.78 Å². The Morgan fingerprint density at radius 1 is 1.43 bits per heavy atom. The molecule has 0 saturated carbocycles. The molecule has 0 bridgehead atoms. The lowest BCUT2D eigenvalue weighted by atomic mass is 9.91. The van der Waals surface area contributed by atoms with Gasteiger partial charge in [-0.25, -0.2) is 4.79 Å². The fourth-order valence-corrected chi connectivity index (χ4v) is 2.48. The molecule has 0 radical (unpaired) electrons.